The highest BCUT2D eigenvalue weighted by atomic mass is 32.2. The summed E-state index contributed by atoms with van der Waals surface area (Å²) in [5, 5.41) is 13.6. The minimum absolute atomic E-state index is 0.0101. The van der Waals surface area contributed by atoms with Crippen molar-refractivity contribution in [1.29, 1.82) is 5.26 Å². The summed E-state index contributed by atoms with van der Waals surface area (Å²) in [5.74, 6) is 1.37. The second kappa shape index (κ2) is 9.16. The van der Waals surface area contributed by atoms with Gasteiger partial charge in [0.2, 0.25) is 0 Å². The molecule has 1 aromatic heterocycles. The number of nitrogens with zero attached hydrogens (tertiary/aromatic N) is 3. The zero-order chi connectivity index (χ0) is 19.9. The zero-order valence-corrected chi connectivity index (χ0v) is 16.6. The number of hydrogen-bond donors (Lipinski definition) is 1. The molecule has 0 saturated carbocycles. The summed E-state index contributed by atoms with van der Waals surface area (Å²) in [6.45, 7) is 3.63. The molecule has 1 heterocycles. The lowest BCUT2D eigenvalue weighted by Gasteiger charge is -2.13. The Morgan fingerprint density at radius 1 is 1.11 bits per heavy atom. The molecule has 3 aromatic rings. The van der Waals surface area contributed by atoms with Gasteiger partial charge in [-0.2, -0.15) is 5.26 Å². The van der Waals surface area contributed by atoms with Gasteiger partial charge in [-0.3, -0.25) is 4.79 Å². The summed E-state index contributed by atoms with van der Waals surface area (Å²) in [6.07, 6.45) is 1.00. The lowest BCUT2D eigenvalue weighted by Crippen LogP contribution is -2.04. The molecule has 0 unspecified atom stereocenters. The smallest absolute Gasteiger partial charge is 0.190 e. The standard InChI is InChI=1S/C22H20N4OS/c1-3-13-28-22-25-20(17-7-5-4-6-8-17)19(14-23)21(26-22)24-18-11-9-16(10-12-18)15(2)27/h4-12H,3,13H2,1-2H3,(H,24,25,26). The Hall–Kier alpha value is -3.17. The topological polar surface area (TPSA) is 78.7 Å². The molecular formula is C22H20N4OS. The summed E-state index contributed by atoms with van der Waals surface area (Å²) in [6, 6.07) is 19.0. The van der Waals surface area contributed by atoms with Crippen LogP contribution in [0.15, 0.2) is 59.8 Å². The molecule has 6 heteroatoms. The molecular weight excluding hydrogens is 368 g/mol. The first kappa shape index (κ1) is 19.6. The number of anilines is 2. The first-order chi connectivity index (χ1) is 13.6. The highest BCUT2D eigenvalue weighted by Gasteiger charge is 2.16. The van der Waals surface area contributed by atoms with Crippen LogP contribution in [0.3, 0.4) is 0 Å². The van der Waals surface area contributed by atoms with Crippen LogP contribution in [0.2, 0.25) is 0 Å². The second-order valence-electron chi connectivity index (χ2n) is 6.16. The molecule has 0 atom stereocenters. The van der Waals surface area contributed by atoms with E-state index < -0.39 is 0 Å². The maximum absolute atomic E-state index is 11.5. The van der Waals surface area contributed by atoms with Crippen LogP contribution in [0.1, 0.15) is 36.2 Å². The van der Waals surface area contributed by atoms with E-state index in [0.717, 1.165) is 23.4 Å². The molecule has 5 nitrogen and oxygen atoms in total. The molecule has 2 aromatic carbocycles. The van der Waals surface area contributed by atoms with Gasteiger partial charge in [-0.25, -0.2) is 9.97 Å². The molecule has 3 rings (SSSR count). The largest absolute Gasteiger partial charge is 0.339 e. The number of aromatic nitrogens is 2. The molecule has 1 N–H and O–H groups in total. The number of Topliss-reactive ketones (excluding diaryl/α,β-unsaturated/α-hetero) is 1. The van der Waals surface area contributed by atoms with Gasteiger partial charge in [0.15, 0.2) is 16.8 Å². The van der Waals surface area contributed by atoms with E-state index in [2.05, 4.69) is 28.3 Å². The van der Waals surface area contributed by atoms with E-state index in [1.807, 2.05) is 30.3 Å². The molecule has 0 radical (unpaired) electrons. The SMILES string of the molecule is CCCSc1nc(Nc2ccc(C(C)=O)cc2)c(C#N)c(-c2ccccc2)n1. The number of carbonyl (C=O) groups excluding carboxylic acids is 1. The summed E-state index contributed by atoms with van der Waals surface area (Å²) in [5.41, 5.74) is 3.26. The predicted octanol–water partition coefficient (Wildman–Crippen LogP) is 5.46. The van der Waals surface area contributed by atoms with Crippen molar-refractivity contribution in [2.75, 3.05) is 11.1 Å². The molecule has 0 fully saturated rings. The Bertz CT molecular complexity index is 1010. The summed E-state index contributed by atoms with van der Waals surface area (Å²) in [7, 11) is 0. The van der Waals surface area contributed by atoms with Crippen molar-refractivity contribution in [2.24, 2.45) is 0 Å². The fourth-order valence-electron chi connectivity index (χ4n) is 2.62. The van der Waals surface area contributed by atoms with E-state index in [4.69, 9.17) is 0 Å². The van der Waals surface area contributed by atoms with Gasteiger partial charge in [0, 0.05) is 22.6 Å². The first-order valence-electron chi connectivity index (χ1n) is 9.00. The van der Waals surface area contributed by atoms with Crippen molar-refractivity contribution in [3.05, 3.63) is 65.7 Å². The quantitative estimate of drug-likeness (QED) is 0.329. The number of nitriles is 1. The van der Waals surface area contributed by atoms with Gasteiger partial charge in [-0.15, -0.1) is 0 Å². The maximum atomic E-state index is 11.5. The zero-order valence-electron chi connectivity index (χ0n) is 15.8. The van der Waals surface area contributed by atoms with E-state index in [1.54, 1.807) is 36.0 Å². The van der Waals surface area contributed by atoms with Gasteiger partial charge in [-0.1, -0.05) is 49.0 Å². The van der Waals surface area contributed by atoms with Gasteiger partial charge >= 0.3 is 0 Å². The average Bonchev–Trinajstić information content (AvgIpc) is 2.73. The molecule has 0 aliphatic rings. The van der Waals surface area contributed by atoms with Crippen LogP contribution in [0.5, 0.6) is 0 Å². The third-order valence-electron chi connectivity index (χ3n) is 4.04. The van der Waals surface area contributed by atoms with E-state index >= 15 is 0 Å². The minimum Gasteiger partial charge on any atom is -0.339 e. The summed E-state index contributed by atoms with van der Waals surface area (Å²) >= 11 is 1.56. The van der Waals surface area contributed by atoms with Crippen LogP contribution in [-0.2, 0) is 0 Å². The van der Waals surface area contributed by atoms with E-state index in [-0.39, 0.29) is 5.78 Å². The van der Waals surface area contributed by atoms with Crippen molar-refractivity contribution >= 4 is 29.1 Å². The fourth-order valence-corrected chi connectivity index (χ4v) is 3.32. The molecule has 0 bridgehead atoms. The van der Waals surface area contributed by atoms with E-state index in [9.17, 15) is 10.1 Å². The average molecular weight is 388 g/mol. The number of nitrogens with one attached hydrogen (secondary N) is 1. The Balaban J connectivity index is 2.05. The predicted molar refractivity (Wildman–Crippen MR) is 113 cm³/mol. The van der Waals surface area contributed by atoms with Crippen LogP contribution < -0.4 is 5.32 Å². The molecule has 0 spiro atoms. The van der Waals surface area contributed by atoms with Gasteiger partial charge in [0.05, 0.1) is 5.69 Å². The first-order valence-corrected chi connectivity index (χ1v) is 9.99. The van der Waals surface area contributed by atoms with Crippen LogP contribution >= 0.6 is 11.8 Å². The van der Waals surface area contributed by atoms with Crippen molar-refractivity contribution in [3.8, 4) is 17.3 Å². The monoisotopic (exact) mass is 388 g/mol. The highest BCUT2D eigenvalue weighted by Crippen LogP contribution is 2.30. The number of carbonyl (C=O) groups is 1. The summed E-state index contributed by atoms with van der Waals surface area (Å²) in [4.78, 5) is 20.7. The van der Waals surface area contributed by atoms with Crippen LogP contribution in [0, 0.1) is 11.3 Å². The molecule has 0 aliphatic carbocycles. The van der Waals surface area contributed by atoms with Crippen molar-refractivity contribution < 1.29 is 4.79 Å². The second-order valence-corrected chi connectivity index (χ2v) is 7.23. The van der Waals surface area contributed by atoms with Gasteiger partial charge < -0.3 is 5.32 Å². The number of ketones is 1. The van der Waals surface area contributed by atoms with E-state index in [0.29, 0.717) is 27.8 Å². The van der Waals surface area contributed by atoms with Crippen LogP contribution in [0.25, 0.3) is 11.3 Å². The minimum atomic E-state index is 0.0101. The highest BCUT2D eigenvalue weighted by molar-refractivity contribution is 7.99. The molecule has 0 saturated heterocycles. The third-order valence-corrected chi connectivity index (χ3v) is 5.09. The Labute approximate surface area is 168 Å². The van der Waals surface area contributed by atoms with Crippen molar-refractivity contribution in [2.45, 2.75) is 25.4 Å². The molecule has 0 amide bonds. The number of benzene rings is 2. The van der Waals surface area contributed by atoms with Gasteiger partial charge in [-0.05, 0) is 37.6 Å². The lowest BCUT2D eigenvalue weighted by atomic mass is 10.1. The Morgan fingerprint density at radius 3 is 2.43 bits per heavy atom. The van der Waals surface area contributed by atoms with Crippen molar-refractivity contribution in [1.82, 2.24) is 9.97 Å². The van der Waals surface area contributed by atoms with Crippen LogP contribution in [0.4, 0.5) is 11.5 Å². The van der Waals surface area contributed by atoms with Gasteiger partial charge in [0.25, 0.3) is 0 Å². The van der Waals surface area contributed by atoms with Crippen molar-refractivity contribution in [3.63, 3.8) is 0 Å². The van der Waals surface area contributed by atoms with Crippen LogP contribution in [-0.4, -0.2) is 21.5 Å². The number of thioether (sulfide) groups is 1. The number of hydrogen-bond acceptors (Lipinski definition) is 6. The van der Waals surface area contributed by atoms with Gasteiger partial charge in [0.1, 0.15) is 11.6 Å². The molecule has 0 aliphatic heterocycles. The Kier molecular flexibility index (Phi) is 6.41. The Morgan fingerprint density at radius 2 is 1.82 bits per heavy atom. The third kappa shape index (κ3) is 4.56. The fraction of sp³-hybridized carbons (Fsp3) is 0.182. The lowest BCUT2D eigenvalue weighted by molar-refractivity contribution is 0.101. The molecule has 28 heavy (non-hydrogen) atoms. The maximum Gasteiger partial charge on any atom is 0.190 e. The number of rotatable bonds is 7. The summed E-state index contributed by atoms with van der Waals surface area (Å²) < 4.78 is 0. The normalized spacial score (nSPS) is 10.3. The molecule has 140 valence electrons. The van der Waals surface area contributed by atoms with E-state index in [1.165, 1.54) is 6.92 Å².